The van der Waals surface area contributed by atoms with Crippen LogP contribution in [0.1, 0.15) is 10.4 Å². The van der Waals surface area contributed by atoms with Crippen LogP contribution in [0.2, 0.25) is 10.0 Å². The summed E-state index contributed by atoms with van der Waals surface area (Å²) in [7, 11) is 0. The number of aromatic amines is 1. The van der Waals surface area contributed by atoms with Crippen LogP contribution in [0.15, 0.2) is 65.7 Å². The number of anilines is 2. The summed E-state index contributed by atoms with van der Waals surface area (Å²) in [5.41, 5.74) is -0.292. The molecule has 0 spiro atoms. The van der Waals surface area contributed by atoms with Crippen LogP contribution in [0.4, 0.5) is 29.3 Å². The maximum atomic E-state index is 12.8. The van der Waals surface area contributed by atoms with Crippen LogP contribution in [0.25, 0.3) is 22.4 Å². The molecule has 0 saturated carbocycles. The first kappa shape index (κ1) is 27.4. The summed E-state index contributed by atoms with van der Waals surface area (Å²) in [5, 5.41) is 20.4. The number of amides is 2. The minimum Gasteiger partial charge on any atom is -0.478 e. The molecule has 0 unspecified atom stereocenters. The van der Waals surface area contributed by atoms with Gasteiger partial charge in [-0.05, 0) is 41.5 Å². The molecule has 0 radical (unpaired) electrons. The van der Waals surface area contributed by atoms with Gasteiger partial charge in [-0.15, -0.1) is 13.2 Å². The van der Waals surface area contributed by atoms with E-state index >= 15 is 0 Å². The molecule has 2 aromatic heterocycles. The lowest BCUT2D eigenvalue weighted by Crippen LogP contribution is -2.25. The number of nitrogens with one attached hydrogen (secondary N) is 3. The number of pyridine rings is 1. The summed E-state index contributed by atoms with van der Waals surface area (Å²) in [4.78, 5) is 40.0. The second-order valence-electron chi connectivity index (χ2n) is 7.73. The maximum Gasteiger partial charge on any atom is 0.573 e. The third kappa shape index (κ3) is 6.83. The largest absolute Gasteiger partial charge is 0.573 e. The van der Waals surface area contributed by atoms with Crippen molar-refractivity contribution in [1.29, 1.82) is 0 Å². The van der Waals surface area contributed by atoms with E-state index in [4.69, 9.17) is 23.2 Å². The van der Waals surface area contributed by atoms with Crippen LogP contribution >= 0.6 is 23.2 Å². The molecule has 0 aliphatic carbocycles. The van der Waals surface area contributed by atoms with Crippen LogP contribution < -0.4 is 20.9 Å². The van der Waals surface area contributed by atoms with E-state index in [1.807, 2.05) is 0 Å². The number of hydrogen-bond acceptors (Lipinski definition) is 6. The average molecular weight is 580 g/mol. The lowest BCUT2D eigenvalue weighted by atomic mass is 9.99. The van der Waals surface area contributed by atoms with Crippen LogP contribution in [0.3, 0.4) is 0 Å². The summed E-state index contributed by atoms with van der Waals surface area (Å²) in [6.45, 7) is 0. The number of urea groups is 1. The predicted octanol–water partition coefficient (Wildman–Crippen LogP) is 6.05. The van der Waals surface area contributed by atoms with E-state index in [1.165, 1.54) is 36.7 Å². The van der Waals surface area contributed by atoms with E-state index in [-0.39, 0.29) is 32.7 Å². The summed E-state index contributed by atoms with van der Waals surface area (Å²) in [6, 6.07) is 9.54. The van der Waals surface area contributed by atoms with Gasteiger partial charge in [-0.2, -0.15) is 5.10 Å². The van der Waals surface area contributed by atoms with Crippen molar-refractivity contribution < 1.29 is 32.6 Å². The van der Waals surface area contributed by atoms with Crippen LogP contribution in [-0.4, -0.2) is 38.7 Å². The molecule has 4 N–H and O–H groups in total. The molecule has 39 heavy (non-hydrogen) atoms. The molecule has 2 heterocycles. The number of aromatic nitrogens is 3. The topological polar surface area (TPSA) is 146 Å². The first-order chi connectivity index (χ1) is 18.4. The van der Waals surface area contributed by atoms with Gasteiger partial charge in [0, 0.05) is 18.0 Å². The Morgan fingerprint density at radius 2 is 1.64 bits per heavy atom. The van der Waals surface area contributed by atoms with Crippen LogP contribution in [0, 0.1) is 0 Å². The average Bonchev–Trinajstić information content (AvgIpc) is 2.86. The Hall–Kier alpha value is -4.62. The van der Waals surface area contributed by atoms with Crippen LogP contribution in [0.5, 0.6) is 5.75 Å². The lowest BCUT2D eigenvalue weighted by Gasteiger charge is -2.12. The number of ether oxygens (including phenoxy) is 1. The second-order valence-corrected chi connectivity index (χ2v) is 8.55. The van der Waals surface area contributed by atoms with Crippen molar-refractivity contribution in [2.24, 2.45) is 0 Å². The third-order valence-electron chi connectivity index (χ3n) is 5.02. The van der Waals surface area contributed by atoms with Crippen molar-refractivity contribution in [3.8, 4) is 28.1 Å². The molecule has 2 amide bonds. The van der Waals surface area contributed by atoms with E-state index in [2.05, 4.69) is 30.6 Å². The molecule has 0 fully saturated rings. The van der Waals surface area contributed by atoms with E-state index in [9.17, 15) is 32.7 Å². The quantitative estimate of drug-likeness (QED) is 0.217. The predicted molar refractivity (Wildman–Crippen MR) is 136 cm³/mol. The van der Waals surface area contributed by atoms with Crippen molar-refractivity contribution in [1.82, 2.24) is 15.2 Å². The SMILES string of the molecule is O=C(Nc1c(Cl)cncc1Cl)Nc1cc(-c2cccc(-c3cc(OC(F)(F)F)cc(C(=O)O)c3)c2)n[nH]c1=O. The summed E-state index contributed by atoms with van der Waals surface area (Å²) < 4.78 is 42.2. The number of aromatic carboxylic acids is 1. The van der Waals surface area contributed by atoms with Gasteiger partial charge in [0.1, 0.15) is 11.4 Å². The number of nitrogens with zero attached hydrogens (tertiary/aromatic N) is 2. The Kier molecular flexibility index (Phi) is 7.74. The lowest BCUT2D eigenvalue weighted by molar-refractivity contribution is -0.274. The number of rotatable bonds is 6. The molecule has 0 saturated heterocycles. The Bertz CT molecular complexity index is 1630. The molecule has 0 aliphatic rings. The van der Waals surface area contributed by atoms with Gasteiger partial charge in [0.15, 0.2) is 0 Å². The fourth-order valence-electron chi connectivity index (χ4n) is 3.38. The molecular formula is C24H14Cl2F3N5O5. The van der Waals surface area contributed by atoms with Crippen LogP contribution in [-0.2, 0) is 0 Å². The minimum absolute atomic E-state index is 0.0644. The first-order valence-electron chi connectivity index (χ1n) is 10.6. The van der Waals surface area contributed by atoms with E-state index in [1.54, 1.807) is 12.1 Å². The maximum absolute atomic E-state index is 12.8. The van der Waals surface area contributed by atoms with Gasteiger partial charge >= 0.3 is 18.4 Å². The molecule has 10 nitrogen and oxygen atoms in total. The van der Waals surface area contributed by atoms with E-state index in [0.717, 1.165) is 12.1 Å². The molecular weight excluding hydrogens is 566 g/mol. The van der Waals surface area contributed by atoms with E-state index in [0.29, 0.717) is 11.1 Å². The van der Waals surface area contributed by atoms with Gasteiger partial charge in [-0.1, -0.05) is 41.4 Å². The number of benzene rings is 2. The van der Waals surface area contributed by atoms with Gasteiger partial charge in [0.25, 0.3) is 5.56 Å². The second kappa shape index (κ2) is 11.0. The van der Waals surface area contributed by atoms with Crippen molar-refractivity contribution in [2.45, 2.75) is 6.36 Å². The first-order valence-corrected chi connectivity index (χ1v) is 11.4. The molecule has 2 aromatic carbocycles. The zero-order valence-corrected chi connectivity index (χ0v) is 20.6. The van der Waals surface area contributed by atoms with Gasteiger partial charge < -0.3 is 20.5 Å². The highest BCUT2D eigenvalue weighted by molar-refractivity contribution is 6.39. The fourth-order valence-corrected chi connectivity index (χ4v) is 3.84. The Balaban J connectivity index is 1.64. The fraction of sp³-hybridized carbons (Fsp3) is 0.0417. The number of carboxylic acid groups (broad SMARTS) is 1. The Morgan fingerprint density at radius 1 is 0.949 bits per heavy atom. The smallest absolute Gasteiger partial charge is 0.478 e. The minimum atomic E-state index is -5.03. The zero-order chi connectivity index (χ0) is 28.3. The third-order valence-corrected chi connectivity index (χ3v) is 5.60. The Morgan fingerprint density at radius 3 is 2.31 bits per heavy atom. The summed E-state index contributed by atoms with van der Waals surface area (Å²) in [6.07, 6.45) is -2.50. The van der Waals surface area contributed by atoms with Gasteiger partial charge in [0.05, 0.1) is 27.0 Å². The monoisotopic (exact) mass is 579 g/mol. The number of carbonyl (C=O) groups excluding carboxylic acids is 1. The number of carbonyl (C=O) groups is 2. The van der Waals surface area contributed by atoms with Crippen molar-refractivity contribution >= 4 is 46.6 Å². The zero-order valence-electron chi connectivity index (χ0n) is 19.1. The number of H-pyrrole nitrogens is 1. The van der Waals surface area contributed by atoms with E-state index < -0.39 is 35.2 Å². The highest BCUT2D eigenvalue weighted by Crippen LogP contribution is 2.32. The highest BCUT2D eigenvalue weighted by Gasteiger charge is 2.31. The molecule has 0 atom stereocenters. The molecule has 0 bridgehead atoms. The number of alkyl halides is 3. The molecule has 200 valence electrons. The van der Waals surface area contributed by atoms with Gasteiger partial charge in [-0.3, -0.25) is 9.78 Å². The standard InChI is InChI=1S/C24H14Cl2F3N5O5/c25-16-9-30-10-17(26)20(16)32-23(38)31-19-8-18(33-34-21(19)35)12-3-1-2-11(4-12)13-5-14(22(36)37)7-15(6-13)39-24(27,28)29/h1-10H,(H,34,35)(H,36,37)(H2,30,31,32,33,38). The highest BCUT2D eigenvalue weighted by atomic mass is 35.5. The molecule has 4 aromatic rings. The normalized spacial score (nSPS) is 11.1. The van der Waals surface area contributed by atoms with Crippen molar-refractivity contribution in [2.75, 3.05) is 10.6 Å². The van der Waals surface area contributed by atoms with Gasteiger partial charge in [0.2, 0.25) is 0 Å². The van der Waals surface area contributed by atoms with Gasteiger partial charge in [-0.25, -0.2) is 14.7 Å². The van der Waals surface area contributed by atoms with Crippen molar-refractivity contribution in [3.05, 3.63) is 86.9 Å². The van der Waals surface area contributed by atoms with Crippen molar-refractivity contribution in [3.63, 3.8) is 0 Å². The molecule has 0 aliphatic heterocycles. The number of hydrogen-bond donors (Lipinski definition) is 4. The number of carboxylic acids is 1. The summed E-state index contributed by atoms with van der Waals surface area (Å²) in [5.74, 6) is -2.16. The summed E-state index contributed by atoms with van der Waals surface area (Å²) >= 11 is 12.0. The Labute approximate surface area is 226 Å². The molecule has 15 heteroatoms. The molecule has 4 rings (SSSR count). The number of halogens is 5.